The molecule has 4 rings (SSSR count). The van der Waals surface area contributed by atoms with Crippen LogP contribution in [0.2, 0.25) is 0 Å². The molecule has 0 radical (unpaired) electrons. The molecule has 2 N–H and O–H groups in total. The normalized spacial score (nSPS) is 41.1. The van der Waals surface area contributed by atoms with Crippen LogP contribution in [-0.2, 0) is 23.9 Å². The fraction of sp³-hybridized carbons (Fsp3) is 0.897. The third-order valence-corrected chi connectivity index (χ3v) is 10.7. The van der Waals surface area contributed by atoms with Crippen LogP contribution in [0.4, 0.5) is 0 Å². The Hall–Kier alpha value is -1.63. The van der Waals surface area contributed by atoms with Crippen LogP contribution in [0, 0.1) is 46.3 Å². The number of carbonyl (C=O) groups is 3. The van der Waals surface area contributed by atoms with Crippen molar-refractivity contribution in [2.45, 2.75) is 111 Å². The highest BCUT2D eigenvalue weighted by molar-refractivity contribution is 5.71. The molecule has 7 nitrogen and oxygen atoms in total. The van der Waals surface area contributed by atoms with Gasteiger partial charge in [-0.2, -0.15) is 0 Å². The number of hydrogen-bond acceptors (Lipinski definition) is 6. The van der Waals surface area contributed by atoms with E-state index in [9.17, 15) is 19.5 Å². The number of nitrogens with one attached hydrogen (secondary N) is 1. The molecule has 0 aromatic carbocycles. The molecule has 4 fully saturated rings. The van der Waals surface area contributed by atoms with Gasteiger partial charge in [0, 0.05) is 32.7 Å². The van der Waals surface area contributed by atoms with Crippen LogP contribution in [0.1, 0.15) is 99.3 Å². The molecule has 8 atom stereocenters. The van der Waals surface area contributed by atoms with Gasteiger partial charge >= 0.3 is 17.9 Å². The summed E-state index contributed by atoms with van der Waals surface area (Å²) in [5.41, 5.74) is -0.162. The summed E-state index contributed by atoms with van der Waals surface area (Å²) in [6.07, 6.45) is 7.70. The summed E-state index contributed by atoms with van der Waals surface area (Å²) in [5.74, 6) is -0.667. The summed E-state index contributed by atoms with van der Waals surface area (Å²) in [7, 11) is 0. The topological polar surface area (TPSA) is 102 Å². The predicted molar refractivity (Wildman–Crippen MR) is 136 cm³/mol. The molecular formula is C29H47NO6. The number of carboxylic acids is 1. The first kappa shape index (κ1) is 27.4. The van der Waals surface area contributed by atoms with Gasteiger partial charge in [-0.3, -0.25) is 14.4 Å². The Morgan fingerprint density at radius 3 is 2.19 bits per heavy atom. The standard InChI is InChI=1S/C29H47NO6/c1-17(2)11-14-30-24-16-28(6)22(9-10-23(28)26(33)34)21-8-7-20-15-29(35-18(3)31,36-19(4)32)13-12-27(20,5)25(21)24/h17,20-25,30H,7-16H2,1-6H3,(H,33,34)/t20?,21-,22-,23?,24?,25-,27-,28-/m0/s1. The Morgan fingerprint density at radius 2 is 1.61 bits per heavy atom. The fourth-order valence-corrected chi connectivity index (χ4v) is 9.27. The third-order valence-electron chi connectivity index (χ3n) is 10.7. The summed E-state index contributed by atoms with van der Waals surface area (Å²) in [5, 5.41) is 14.0. The lowest BCUT2D eigenvalue weighted by atomic mass is 9.43. The first-order valence-electron chi connectivity index (χ1n) is 14.2. The molecule has 4 aliphatic rings. The van der Waals surface area contributed by atoms with E-state index in [0.29, 0.717) is 36.5 Å². The van der Waals surface area contributed by atoms with Gasteiger partial charge in [-0.05, 0) is 91.9 Å². The van der Waals surface area contributed by atoms with E-state index < -0.39 is 23.7 Å². The van der Waals surface area contributed by atoms with Gasteiger partial charge in [-0.25, -0.2) is 0 Å². The van der Waals surface area contributed by atoms with Crippen LogP contribution in [0.3, 0.4) is 0 Å². The van der Waals surface area contributed by atoms with Gasteiger partial charge < -0.3 is 19.9 Å². The second-order valence-electron chi connectivity index (χ2n) is 13.3. The lowest BCUT2D eigenvalue weighted by Gasteiger charge is -2.64. The van der Waals surface area contributed by atoms with Gasteiger partial charge in [0.1, 0.15) is 0 Å². The van der Waals surface area contributed by atoms with Gasteiger partial charge in [-0.15, -0.1) is 0 Å². The second-order valence-corrected chi connectivity index (χ2v) is 13.3. The van der Waals surface area contributed by atoms with Gasteiger partial charge in [0.25, 0.3) is 5.79 Å². The average Bonchev–Trinajstić information content (AvgIpc) is 3.10. The molecule has 0 saturated heterocycles. The highest BCUT2D eigenvalue weighted by atomic mass is 16.7. The van der Waals surface area contributed by atoms with Gasteiger partial charge in [0.2, 0.25) is 0 Å². The van der Waals surface area contributed by atoms with Crippen LogP contribution in [0.25, 0.3) is 0 Å². The maximum absolute atomic E-state index is 12.3. The molecule has 4 aliphatic carbocycles. The highest BCUT2D eigenvalue weighted by Crippen LogP contribution is 2.68. The van der Waals surface area contributed by atoms with E-state index in [2.05, 4.69) is 33.0 Å². The molecule has 0 bridgehead atoms. The smallest absolute Gasteiger partial charge is 0.307 e. The van der Waals surface area contributed by atoms with Crippen LogP contribution in [0.5, 0.6) is 0 Å². The maximum Gasteiger partial charge on any atom is 0.307 e. The second kappa shape index (κ2) is 9.92. The fourth-order valence-electron chi connectivity index (χ4n) is 9.27. The summed E-state index contributed by atoms with van der Waals surface area (Å²) < 4.78 is 11.4. The van der Waals surface area contributed by atoms with Crippen molar-refractivity contribution in [1.29, 1.82) is 0 Å². The molecule has 0 aliphatic heterocycles. The van der Waals surface area contributed by atoms with Crippen LogP contribution in [0.15, 0.2) is 0 Å². The molecule has 0 heterocycles. The minimum Gasteiger partial charge on any atom is -0.481 e. The van der Waals surface area contributed by atoms with Crippen molar-refractivity contribution in [1.82, 2.24) is 5.32 Å². The van der Waals surface area contributed by atoms with Crippen molar-refractivity contribution >= 4 is 17.9 Å². The minimum atomic E-state index is -1.17. The molecule has 0 aromatic rings. The van der Waals surface area contributed by atoms with Gasteiger partial charge in [0.05, 0.1) is 5.92 Å². The maximum atomic E-state index is 12.3. The number of aliphatic carboxylic acids is 1. The van der Waals surface area contributed by atoms with Crippen LogP contribution in [-0.4, -0.2) is 41.4 Å². The Labute approximate surface area is 216 Å². The van der Waals surface area contributed by atoms with Gasteiger partial charge in [-0.1, -0.05) is 27.7 Å². The Bertz CT molecular complexity index is 856. The summed E-state index contributed by atoms with van der Waals surface area (Å²) in [6.45, 7) is 12.8. The Kier molecular flexibility index (Phi) is 7.55. The number of fused-ring (bicyclic) bond motifs is 5. The lowest BCUT2D eigenvalue weighted by Crippen LogP contribution is -2.64. The Balaban J connectivity index is 1.65. The summed E-state index contributed by atoms with van der Waals surface area (Å²) >= 11 is 0. The zero-order valence-electron chi connectivity index (χ0n) is 23.1. The van der Waals surface area contributed by atoms with E-state index in [1.54, 1.807) is 0 Å². The van der Waals surface area contributed by atoms with E-state index in [-0.39, 0.29) is 28.7 Å². The molecule has 0 spiro atoms. The minimum absolute atomic E-state index is 0.0187. The molecule has 0 aromatic heterocycles. The number of hydrogen-bond donors (Lipinski definition) is 2. The number of rotatable bonds is 7. The molecule has 204 valence electrons. The molecule has 4 saturated carbocycles. The van der Waals surface area contributed by atoms with Crippen LogP contribution >= 0.6 is 0 Å². The van der Waals surface area contributed by atoms with Crippen molar-refractivity contribution in [3.63, 3.8) is 0 Å². The first-order chi connectivity index (χ1) is 16.8. The van der Waals surface area contributed by atoms with E-state index in [1.807, 2.05) is 0 Å². The Morgan fingerprint density at radius 1 is 0.944 bits per heavy atom. The average molecular weight is 506 g/mol. The number of carboxylic acid groups (broad SMARTS) is 1. The zero-order chi connectivity index (χ0) is 26.5. The monoisotopic (exact) mass is 505 g/mol. The van der Waals surface area contributed by atoms with E-state index in [1.165, 1.54) is 13.8 Å². The van der Waals surface area contributed by atoms with E-state index in [0.717, 1.165) is 51.5 Å². The van der Waals surface area contributed by atoms with E-state index >= 15 is 0 Å². The van der Waals surface area contributed by atoms with Crippen molar-refractivity contribution in [3.05, 3.63) is 0 Å². The number of carbonyl (C=O) groups excluding carboxylic acids is 2. The molecule has 3 unspecified atom stereocenters. The largest absolute Gasteiger partial charge is 0.481 e. The van der Waals surface area contributed by atoms with Crippen molar-refractivity contribution in [2.75, 3.05) is 6.54 Å². The highest BCUT2D eigenvalue weighted by Gasteiger charge is 2.65. The summed E-state index contributed by atoms with van der Waals surface area (Å²) in [4.78, 5) is 36.2. The summed E-state index contributed by atoms with van der Waals surface area (Å²) in [6, 6.07) is 0.262. The van der Waals surface area contributed by atoms with Crippen molar-refractivity contribution < 1.29 is 29.0 Å². The lowest BCUT2D eigenvalue weighted by molar-refractivity contribution is -0.262. The number of esters is 2. The van der Waals surface area contributed by atoms with E-state index in [4.69, 9.17) is 9.47 Å². The SMILES string of the molecule is CC(=O)OC1(OC(C)=O)CC[C@@]2(C)C(CC[C@@H]3[C@H]2C(NCCC(C)C)C[C@]2(C)C(C(=O)O)CC[C@@H]32)C1. The molecule has 36 heavy (non-hydrogen) atoms. The molecule has 0 amide bonds. The zero-order valence-corrected chi connectivity index (χ0v) is 23.1. The molecular weight excluding hydrogens is 458 g/mol. The van der Waals surface area contributed by atoms with Crippen molar-refractivity contribution in [2.24, 2.45) is 46.3 Å². The quantitative estimate of drug-likeness (QED) is 0.364. The van der Waals surface area contributed by atoms with Gasteiger partial charge in [0.15, 0.2) is 0 Å². The number of ether oxygens (including phenoxy) is 2. The van der Waals surface area contributed by atoms with Crippen LogP contribution < -0.4 is 5.32 Å². The van der Waals surface area contributed by atoms with Crippen molar-refractivity contribution in [3.8, 4) is 0 Å². The molecule has 7 heteroatoms. The predicted octanol–water partition coefficient (Wildman–Crippen LogP) is 5.17. The first-order valence-corrected chi connectivity index (χ1v) is 14.2. The third kappa shape index (κ3) is 4.81.